The number of nitrogens with zero attached hydrogens (tertiary/aromatic N) is 3. The van der Waals surface area contributed by atoms with Gasteiger partial charge in [0.05, 0.1) is 10.7 Å². The van der Waals surface area contributed by atoms with Gasteiger partial charge in [-0.25, -0.2) is 15.0 Å². The molecule has 3 aromatic heterocycles. The van der Waals surface area contributed by atoms with Gasteiger partial charge in [0.1, 0.15) is 21.2 Å². The summed E-state index contributed by atoms with van der Waals surface area (Å²) >= 11 is 4.63. The van der Waals surface area contributed by atoms with Crippen molar-refractivity contribution in [1.29, 1.82) is 0 Å². The zero-order chi connectivity index (χ0) is 19.2. The first-order valence-corrected chi connectivity index (χ1v) is 11.2. The van der Waals surface area contributed by atoms with E-state index in [1.165, 1.54) is 11.3 Å². The summed E-state index contributed by atoms with van der Waals surface area (Å²) in [6.45, 7) is 5.87. The number of aryl methyl sites for hydroxylation is 3. The normalized spacial score (nSPS) is 25.3. The lowest BCUT2D eigenvalue weighted by Gasteiger charge is -2.48. The molecule has 6 nitrogen and oxygen atoms in total. The third-order valence-electron chi connectivity index (χ3n) is 4.80. The molecule has 1 aliphatic rings. The van der Waals surface area contributed by atoms with Crippen LogP contribution in [0.2, 0.25) is 0 Å². The van der Waals surface area contributed by atoms with Crippen molar-refractivity contribution in [3.05, 3.63) is 54.3 Å². The molecule has 3 aromatic rings. The zero-order valence-electron chi connectivity index (χ0n) is 15.5. The van der Waals surface area contributed by atoms with E-state index in [4.69, 9.17) is 4.98 Å². The van der Waals surface area contributed by atoms with Crippen LogP contribution in [0.5, 0.6) is 0 Å². The van der Waals surface area contributed by atoms with E-state index < -0.39 is 11.3 Å². The Bertz CT molecular complexity index is 1010. The number of nitrogens with one attached hydrogen (secondary N) is 2. The summed E-state index contributed by atoms with van der Waals surface area (Å²) < 4.78 is 0. The fraction of sp³-hybridized carbons (Fsp3) is 0.389. The number of aliphatic hydroxyl groups is 1. The molecule has 0 radical (unpaired) electrons. The van der Waals surface area contributed by atoms with Crippen LogP contribution in [0, 0.1) is 20.8 Å². The summed E-state index contributed by atoms with van der Waals surface area (Å²) in [6.07, 6.45) is 2.64. The lowest BCUT2D eigenvalue weighted by Crippen LogP contribution is -2.65. The van der Waals surface area contributed by atoms with Crippen LogP contribution in [0.25, 0.3) is 5.70 Å². The first-order valence-electron chi connectivity index (χ1n) is 8.55. The predicted molar refractivity (Wildman–Crippen MR) is 111 cm³/mol. The zero-order valence-corrected chi connectivity index (χ0v) is 18.0. The molecule has 142 valence electrons. The first-order chi connectivity index (χ1) is 12.9. The minimum Gasteiger partial charge on any atom is -0.364 e. The Labute approximate surface area is 170 Å². The standard InChI is InChI=1S/C18H21N5OS3/c1-10-7-26-15(20-10)13-5-6-17(19-4,16-21-11(2)8-27-16)18(24,23-13)14-9-25-12(3)22-14/h5,7-9,19,23-24H,6H2,1-4H3. The second-order valence-corrected chi connectivity index (χ2v) is 9.43. The van der Waals surface area contributed by atoms with Gasteiger partial charge in [-0.05, 0) is 34.2 Å². The van der Waals surface area contributed by atoms with Crippen molar-refractivity contribution in [1.82, 2.24) is 25.6 Å². The van der Waals surface area contributed by atoms with E-state index in [0.29, 0.717) is 12.1 Å². The second-order valence-electron chi connectivity index (χ2n) is 6.65. The van der Waals surface area contributed by atoms with Crippen LogP contribution < -0.4 is 10.6 Å². The van der Waals surface area contributed by atoms with E-state index in [1.54, 1.807) is 22.7 Å². The maximum atomic E-state index is 12.0. The lowest BCUT2D eigenvalue weighted by atomic mass is 9.78. The molecule has 1 aliphatic heterocycles. The van der Waals surface area contributed by atoms with Crippen LogP contribution in [0.3, 0.4) is 0 Å². The molecule has 4 heterocycles. The van der Waals surface area contributed by atoms with Gasteiger partial charge in [0.15, 0.2) is 0 Å². The molecular formula is C18H21N5OS3. The van der Waals surface area contributed by atoms with Crippen LogP contribution in [-0.2, 0) is 11.3 Å². The van der Waals surface area contributed by atoms with Crippen molar-refractivity contribution in [2.24, 2.45) is 0 Å². The summed E-state index contributed by atoms with van der Waals surface area (Å²) in [5.41, 5.74) is 1.02. The first kappa shape index (κ1) is 18.7. The maximum absolute atomic E-state index is 12.0. The van der Waals surface area contributed by atoms with Gasteiger partial charge in [0.25, 0.3) is 0 Å². The van der Waals surface area contributed by atoms with Gasteiger partial charge in [-0.15, -0.1) is 34.0 Å². The molecular weight excluding hydrogens is 398 g/mol. The van der Waals surface area contributed by atoms with Crippen LogP contribution in [-0.4, -0.2) is 27.1 Å². The van der Waals surface area contributed by atoms with Gasteiger partial charge in [0, 0.05) is 27.5 Å². The minimum atomic E-state index is -1.46. The van der Waals surface area contributed by atoms with Gasteiger partial charge in [-0.3, -0.25) is 0 Å². The summed E-state index contributed by atoms with van der Waals surface area (Å²) in [5.74, 6) is 0. The number of likely N-dealkylation sites (N-methyl/N-ethyl adjacent to an activating group) is 1. The van der Waals surface area contributed by atoms with Gasteiger partial charge in [0.2, 0.25) is 5.72 Å². The number of hydrogen-bond donors (Lipinski definition) is 3. The molecule has 0 aromatic carbocycles. The van der Waals surface area contributed by atoms with E-state index >= 15 is 0 Å². The van der Waals surface area contributed by atoms with Crippen molar-refractivity contribution in [3.8, 4) is 0 Å². The summed E-state index contributed by atoms with van der Waals surface area (Å²) in [5, 5.41) is 27.3. The van der Waals surface area contributed by atoms with Crippen LogP contribution in [0.15, 0.2) is 22.2 Å². The molecule has 27 heavy (non-hydrogen) atoms. The smallest absolute Gasteiger partial charge is 0.206 e. The molecule has 2 atom stereocenters. The minimum absolute atomic E-state index is 0.560. The Hall–Kier alpha value is -1.65. The lowest BCUT2D eigenvalue weighted by molar-refractivity contribution is -0.0839. The van der Waals surface area contributed by atoms with Crippen molar-refractivity contribution in [3.63, 3.8) is 0 Å². The van der Waals surface area contributed by atoms with Crippen molar-refractivity contribution >= 4 is 39.7 Å². The van der Waals surface area contributed by atoms with Crippen molar-refractivity contribution in [2.45, 2.75) is 38.5 Å². The number of thiazole rings is 3. The van der Waals surface area contributed by atoms with E-state index in [2.05, 4.69) is 26.7 Å². The predicted octanol–water partition coefficient (Wildman–Crippen LogP) is 3.28. The van der Waals surface area contributed by atoms with Crippen LogP contribution >= 0.6 is 34.0 Å². The molecule has 3 N–H and O–H groups in total. The average molecular weight is 420 g/mol. The molecule has 0 saturated heterocycles. The second kappa shape index (κ2) is 6.75. The fourth-order valence-electron chi connectivity index (χ4n) is 3.37. The quantitative estimate of drug-likeness (QED) is 0.602. The fourth-order valence-corrected chi connectivity index (χ4v) is 5.88. The summed E-state index contributed by atoms with van der Waals surface area (Å²) in [7, 11) is 1.86. The molecule has 0 amide bonds. The number of aromatic nitrogens is 3. The molecule has 2 unspecified atom stereocenters. The summed E-state index contributed by atoms with van der Waals surface area (Å²) in [6, 6.07) is 0. The van der Waals surface area contributed by atoms with Gasteiger partial charge in [-0.1, -0.05) is 6.08 Å². The van der Waals surface area contributed by atoms with E-state index in [0.717, 1.165) is 32.1 Å². The van der Waals surface area contributed by atoms with Crippen molar-refractivity contribution in [2.75, 3.05) is 7.05 Å². The average Bonchev–Trinajstić information content (AvgIpc) is 3.37. The molecule has 0 bridgehead atoms. The topological polar surface area (TPSA) is 83.0 Å². The Kier molecular flexibility index (Phi) is 4.68. The Morgan fingerprint density at radius 1 is 1.04 bits per heavy atom. The van der Waals surface area contributed by atoms with Gasteiger partial charge in [-0.2, -0.15) is 0 Å². The maximum Gasteiger partial charge on any atom is 0.206 e. The molecule has 0 saturated carbocycles. The Morgan fingerprint density at radius 3 is 2.33 bits per heavy atom. The summed E-state index contributed by atoms with van der Waals surface area (Å²) in [4.78, 5) is 13.9. The third kappa shape index (κ3) is 2.94. The monoisotopic (exact) mass is 419 g/mol. The van der Waals surface area contributed by atoms with E-state index in [-0.39, 0.29) is 0 Å². The highest BCUT2D eigenvalue weighted by Gasteiger charge is 2.57. The Balaban J connectivity index is 1.89. The number of rotatable bonds is 4. The highest BCUT2D eigenvalue weighted by atomic mass is 32.1. The molecule has 0 spiro atoms. The SMILES string of the molecule is CNC1(c2nc(C)cs2)CC=C(c2nc(C)cs2)NC1(O)c1csc(C)n1. The molecule has 0 fully saturated rings. The van der Waals surface area contributed by atoms with Crippen molar-refractivity contribution < 1.29 is 5.11 Å². The Morgan fingerprint density at radius 2 is 1.78 bits per heavy atom. The van der Waals surface area contributed by atoms with E-state index in [9.17, 15) is 5.11 Å². The third-order valence-corrected chi connectivity index (χ3v) is 7.68. The molecule has 0 aliphatic carbocycles. The van der Waals surface area contributed by atoms with Gasteiger partial charge >= 0.3 is 0 Å². The number of hydrogen-bond acceptors (Lipinski definition) is 9. The van der Waals surface area contributed by atoms with E-state index in [1.807, 2.05) is 44.0 Å². The molecule has 9 heteroatoms. The van der Waals surface area contributed by atoms with Crippen LogP contribution in [0.4, 0.5) is 0 Å². The van der Waals surface area contributed by atoms with Crippen LogP contribution in [0.1, 0.15) is 38.5 Å². The van der Waals surface area contributed by atoms with Gasteiger partial charge < -0.3 is 15.7 Å². The highest BCUT2D eigenvalue weighted by molar-refractivity contribution is 7.11. The highest BCUT2D eigenvalue weighted by Crippen LogP contribution is 2.47. The molecule has 4 rings (SSSR count). The largest absolute Gasteiger partial charge is 0.364 e.